The molecule has 0 bridgehead atoms. The molecule has 106 valence electrons. The molecule has 1 amide bonds. The standard InChI is InChI=1S/C13H18F2N2O2/c1-3-13(19,4-2)7-17-12(18)8-5-11(16)10(15)6-9(8)14/h5-6,19H,3-4,7,16H2,1-2H3,(H,17,18). The summed E-state index contributed by atoms with van der Waals surface area (Å²) >= 11 is 0. The van der Waals surface area contributed by atoms with Gasteiger partial charge in [0.1, 0.15) is 11.6 Å². The van der Waals surface area contributed by atoms with Crippen LogP contribution in [0, 0.1) is 11.6 Å². The second-order valence-corrected chi connectivity index (χ2v) is 4.47. The number of nitrogens with two attached hydrogens (primary N) is 1. The van der Waals surface area contributed by atoms with Crippen LogP contribution in [0.3, 0.4) is 0 Å². The molecule has 0 fully saturated rings. The predicted molar refractivity (Wildman–Crippen MR) is 68.6 cm³/mol. The van der Waals surface area contributed by atoms with Crippen LogP contribution in [0.1, 0.15) is 37.0 Å². The Balaban J connectivity index is 2.82. The summed E-state index contributed by atoms with van der Waals surface area (Å²) in [5.74, 6) is -2.63. The molecule has 1 aromatic rings. The molecule has 0 atom stereocenters. The van der Waals surface area contributed by atoms with Gasteiger partial charge in [-0.1, -0.05) is 13.8 Å². The highest BCUT2D eigenvalue weighted by Crippen LogP contribution is 2.17. The molecule has 0 aromatic heterocycles. The monoisotopic (exact) mass is 272 g/mol. The maximum Gasteiger partial charge on any atom is 0.254 e. The first kappa shape index (κ1) is 15.4. The summed E-state index contributed by atoms with van der Waals surface area (Å²) in [6.07, 6.45) is 0.912. The van der Waals surface area contributed by atoms with E-state index in [0.29, 0.717) is 18.9 Å². The van der Waals surface area contributed by atoms with Gasteiger partial charge in [-0.3, -0.25) is 4.79 Å². The van der Waals surface area contributed by atoms with Crippen molar-refractivity contribution in [1.82, 2.24) is 5.32 Å². The van der Waals surface area contributed by atoms with Crippen molar-refractivity contribution in [2.45, 2.75) is 32.3 Å². The fraction of sp³-hybridized carbons (Fsp3) is 0.462. The van der Waals surface area contributed by atoms with Gasteiger partial charge in [-0.2, -0.15) is 0 Å². The molecule has 0 unspecified atom stereocenters. The normalized spacial score (nSPS) is 11.4. The van der Waals surface area contributed by atoms with Gasteiger partial charge in [-0.25, -0.2) is 8.78 Å². The molecule has 1 rings (SSSR count). The minimum Gasteiger partial charge on any atom is -0.396 e. The highest BCUT2D eigenvalue weighted by atomic mass is 19.1. The van der Waals surface area contributed by atoms with Crippen molar-refractivity contribution in [2.24, 2.45) is 0 Å². The number of halogens is 2. The number of aliphatic hydroxyl groups is 1. The Bertz CT molecular complexity index is 474. The zero-order chi connectivity index (χ0) is 14.6. The smallest absolute Gasteiger partial charge is 0.254 e. The molecule has 19 heavy (non-hydrogen) atoms. The van der Waals surface area contributed by atoms with Gasteiger partial charge in [0, 0.05) is 12.6 Å². The average Bonchev–Trinajstić information content (AvgIpc) is 2.39. The number of carbonyl (C=O) groups excluding carboxylic acids is 1. The Hall–Kier alpha value is -1.69. The Morgan fingerprint density at radius 3 is 2.42 bits per heavy atom. The maximum absolute atomic E-state index is 13.4. The fourth-order valence-electron chi connectivity index (χ4n) is 1.58. The van der Waals surface area contributed by atoms with E-state index in [-0.39, 0.29) is 17.8 Å². The van der Waals surface area contributed by atoms with Crippen molar-refractivity contribution in [1.29, 1.82) is 0 Å². The number of nitrogens with one attached hydrogen (secondary N) is 1. The number of anilines is 1. The largest absolute Gasteiger partial charge is 0.396 e. The van der Waals surface area contributed by atoms with Gasteiger partial charge >= 0.3 is 0 Å². The van der Waals surface area contributed by atoms with Crippen LogP contribution >= 0.6 is 0 Å². The molecule has 0 radical (unpaired) electrons. The number of rotatable bonds is 5. The van der Waals surface area contributed by atoms with E-state index in [4.69, 9.17) is 5.73 Å². The van der Waals surface area contributed by atoms with E-state index in [0.717, 1.165) is 6.07 Å². The highest BCUT2D eigenvalue weighted by Gasteiger charge is 2.24. The van der Waals surface area contributed by atoms with E-state index >= 15 is 0 Å². The molecule has 0 saturated heterocycles. The summed E-state index contributed by atoms with van der Waals surface area (Å²) < 4.78 is 26.4. The maximum atomic E-state index is 13.4. The van der Waals surface area contributed by atoms with Gasteiger partial charge in [0.25, 0.3) is 5.91 Å². The number of carbonyl (C=O) groups is 1. The van der Waals surface area contributed by atoms with Crippen molar-refractivity contribution < 1.29 is 18.7 Å². The minimum atomic E-state index is -1.03. The van der Waals surface area contributed by atoms with Crippen molar-refractivity contribution in [3.05, 3.63) is 29.3 Å². The second-order valence-electron chi connectivity index (χ2n) is 4.47. The number of amides is 1. The summed E-state index contributed by atoms with van der Waals surface area (Å²) in [7, 11) is 0. The molecule has 4 N–H and O–H groups in total. The molecular weight excluding hydrogens is 254 g/mol. The van der Waals surface area contributed by atoms with Crippen LogP contribution in [-0.4, -0.2) is 23.2 Å². The van der Waals surface area contributed by atoms with Gasteiger partial charge in [0.15, 0.2) is 0 Å². The number of benzene rings is 1. The zero-order valence-electron chi connectivity index (χ0n) is 11.0. The second kappa shape index (κ2) is 5.97. The van der Waals surface area contributed by atoms with Gasteiger partial charge in [0.05, 0.1) is 16.9 Å². The third-order valence-electron chi connectivity index (χ3n) is 3.23. The molecule has 0 spiro atoms. The van der Waals surface area contributed by atoms with Crippen molar-refractivity contribution in [3.8, 4) is 0 Å². The molecular formula is C13H18F2N2O2. The molecule has 0 aliphatic heterocycles. The van der Waals surface area contributed by atoms with Crippen molar-refractivity contribution in [2.75, 3.05) is 12.3 Å². The Morgan fingerprint density at radius 1 is 1.32 bits per heavy atom. The van der Waals surface area contributed by atoms with Crippen LogP contribution in [-0.2, 0) is 0 Å². The third-order valence-corrected chi connectivity index (χ3v) is 3.23. The first-order valence-corrected chi connectivity index (χ1v) is 6.08. The molecule has 1 aromatic carbocycles. The highest BCUT2D eigenvalue weighted by molar-refractivity contribution is 5.95. The van der Waals surface area contributed by atoms with Crippen LogP contribution < -0.4 is 11.1 Å². The lowest BCUT2D eigenvalue weighted by molar-refractivity contribution is 0.0313. The summed E-state index contributed by atoms with van der Waals surface area (Å²) in [5.41, 5.74) is 3.62. The first-order valence-electron chi connectivity index (χ1n) is 6.08. The lowest BCUT2D eigenvalue weighted by atomic mass is 9.97. The molecule has 4 nitrogen and oxygen atoms in total. The molecule has 0 aliphatic carbocycles. The van der Waals surface area contributed by atoms with E-state index < -0.39 is 23.1 Å². The Labute approximate surface area is 110 Å². The van der Waals surface area contributed by atoms with Gasteiger partial charge in [-0.15, -0.1) is 0 Å². The summed E-state index contributed by atoms with van der Waals surface area (Å²) in [6, 6.07) is 1.51. The van der Waals surface area contributed by atoms with E-state index in [1.165, 1.54) is 0 Å². The molecule has 6 heteroatoms. The first-order chi connectivity index (χ1) is 8.83. The molecule has 0 heterocycles. The zero-order valence-corrected chi connectivity index (χ0v) is 11.0. The van der Waals surface area contributed by atoms with E-state index in [1.807, 2.05) is 0 Å². The number of hydrogen-bond acceptors (Lipinski definition) is 3. The Morgan fingerprint density at radius 2 is 1.89 bits per heavy atom. The van der Waals surface area contributed by atoms with Crippen LogP contribution in [0.2, 0.25) is 0 Å². The van der Waals surface area contributed by atoms with Crippen LogP contribution in [0.4, 0.5) is 14.5 Å². The fourth-order valence-corrected chi connectivity index (χ4v) is 1.58. The van der Waals surface area contributed by atoms with Crippen molar-refractivity contribution in [3.63, 3.8) is 0 Å². The third kappa shape index (κ3) is 3.64. The van der Waals surface area contributed by atoms with E-state index in [2.05, 4.69) is 5.32 Å². The quantitative estimate of drug-likeness (QED) is 0.716. The van der Waals surface area contributed by atoms with Gasteiger partial charge in [-0.05, 0) is 18.9 Å². The number of nitrogen functional groups attached to an aromatic ring is 1. The summed E-state index contributed by atoms with van der Waals surface area (Å²) in [4.78, 5) is 11.8. The SMILES string of the molecule is CCC(O)(CC)CNC(=O)c1cc(N)c(F)cc1F. The van der Waals surface area contributed by atoms with E-state index in [9.17, 15) is 18.7 Å². The number of hydrogen-bond donors (Lipinski definition) is 3. The van der Waals surface area contributed by atoms with Crippen LogP contribution in [0.15, 0.2) is 12.1 Å². The summed E-state index contributed by atoms with van der Waals surface area (Å²) in [5, 5.41) is 12.4. The minimum absolute atomic E-state index is 0.00441. The van der Waals surface area contributed by atoms with Gasteiger partial charge in [0.2, 0.25) is 0 Å². The Kier molecular flexibility index (Phi) is 4.83. The predicted octanol–water partition coefficient (Wildman–Crippen LogP) is 1.83. The van der Waals surface area contributed by atoms with Crippen LogP contribution in [0.5, 0.6) is 0 Å². The molecule has 0 saturated carbocycles. The van der Waals surface area contributed by atoms with Gasteiger partial charge < -0.3 is 16.2 Å². The van der Waals surface area contributed by atoms with Crippen molar-refractivity contribution >= 4 is 11.6 Å². The summed E-state index contributed by atoms with van der Waals surface area (Å²) in [6.45, 7) is 3.56. The lowest BCUT2D eigenvalue weighted by Crippen LogP contribution is -2.42. The average molecular weight is 272 g/mol. The van der Waals surface area contributed by atoms with Crippen LogP contribution in [0.25, 0.3) is 0 Å². The topological polar surface area (TPSA) is 75.3 Å². The van der Waals surface area contributed by atoms with E-state index in [1.54, 1.807) is 13.8 Å². The lowest BCUT2D eigenvalue weighted by Gasteiger charge is -2.25. The molecule has 0 aliphatic rings.